The second-order valence-electron chi connectivity index (χ2n) is 2.66. The van der Waals surface area contributed by atoms with E-state index in [1.807, 2.05) is 30.8 Å². The van der Waals surface area contributed by atoms with Crippen molar-refractivity contribution in [2.24, 2.45) is 5.73 Å². The standard InChI is InChI=1S/C7H13N3.2ClH/c1-6(8)5-10-4-3-7(2)9-10;;/h3-4,6H,5,8H2,1-2H3;2*1H. The Labute approximate surface area is 85.1 Å². The van der Waals surface area contributed by atoms with Crippen molar-refractivity contribution >= 4 is 24.8 Å². The second-order valence-corrected chi connectivity index (χ2v) is 2.66. The summed E-state index contributed by atoms with van der Waals surface area (Å²) in [6.07, 6.45) is 1.94. The van der Waals surface area contributed by atoms with Gasteiger partial charge in [-0.15, -0.1) is 24.8 Å². The average Bonchev–Trinajstić information content (AvgIpc) is 2.13. The third-order valence-corrected chi connectivity index (χ3v) is 1.25. The molecule has 1 unspecified atom stereocenters. The molecule has 0 saturated heterocycles. The van der Waals surface area contributed by atoms with Gasteiger partial charge in [-0.2, -0.15) is 5.10 Å². The maximum absolute atomic E-state index is 5.57. The smallest absolute Gasteiger partial charge is 0.0593 e. The summed E-state index contributed by atoms with van der Waals surface area (Å²) in [6.45, 7) is 4.74. The topological polar surface area (TPSA) is 43.8 Å². The molecule has 1 rings (SSSR count). The first kappa shape index (κ1) is 14.3. The number of rotatable bonds is 2. The summed E-state index contributed by atoms with van der Waals surface area (Å²) >= 11 is 0. The molecule has 0 aromatic carbocycles. The molecular formula is C7H15Cl2N3. The third kappa shape index (κ3) is 4.59. The molecule has 2 N–H and O–H groups in total. The molecule has 0 amide bonds. The number of hydrogen-bond acceptors (Lipinski definition) is 2. The van der Waals surface area contributed by atoms with Gasteiger partial charge in [-0.25, -0.2) is 0 Å². The zero-order valence-corrected chi connectivity index (χ0v) is 8.86. The van der Waals surface area contributed by atoms with Gasteiger partial charge in [-0.1, -0.05) is 0 Å². The van der Waals surface area contributed by atoms with E-state index in [0.717, 1.165) is 12.2 Å². The van der Waals surface area contributed by atoms with Crippen LogP contribution in [-0.2, 0) is 6.54 Å². The predicted octanol–water partition coefficient (Wildman–Crippen LogP) is 1.38. The first-order chi connectivity index (χ1) is 4.68. The largest absolute Gasteiger partial charge is 0.326 e. The molecule has 0 aliphatic carbocycles. The summed E-state index contributed by atoms with van der Waals surface area (Å²) in [6, 6.07) is 2.15. The lowest BCUT2D eigenvalue weighted by atomic mass is 10.4. The van der Waals surface area contributed by atoms with Crippen molar-refractivity contribution in [3.8, 4) is 0 Å². The highest BCUT2D eigenvalue weighted by molar-refractivity contribution is 5.85. The Kier molecular flexibility index (Phi) is 7.48. The fourth-order valence-electron chi connectivity index (χ4n) is 0.860. The molecule has 0 radical (unpaired) electrons. The van der Waals surface area contributed by atoms with Gasteiger partial charge >= 0.3 is 0 Å². The summed E-state index contributed by atoms with van der Waals surface area (Å²) in [4.78, 5) is 0. The number of aryl methyl sites for hydroxylation is 1. The van der Waals surface area contributed by atoms with Crippen molar-refractivity contribution in [1.82, 2.24) is 9.78 Å². The minimum atomic E-state index is 0. The molecule has 5 heteroatoms. The van der Waals surface area contributed by atoms with Crippen molar-refractivity contribution in [2.75, 3.05) is 0 Å². The van der Waals surface area contributed by atoms with Gasteiger partial charge in [-0.05, 0) is 19.9 Å². The number of nitrogens with two attached hydrogens (primary N) is 1. The average molecular weight is 212 g/mol. The van der Waals surface area contributed by atoms with E-state index in [9.17, 15) is 0 Å². The fourth-order valence-corrected chi connectivity index (χ4v) is 0.860. The lowest BCUT2D eigenvalue weighted by Crippen LogP contribution is -2.22. The summed E-state index contributed by atoms with van der Waals surface area (Å²) in [5.74, 6) is 0. The van der Waals surface area contributed by atoms with Gasteiger partial charge in [0.1, 0.15) is 0 Å². The maximum atomic E-state index is 5.57. The highest BCUT2D eigenvalue weighted by Gasteiger charge is 1.96. The van der Waals surface area contributed by atoms with Gasteiger partial charge in [0.25, 0.3) is 0 Å². The number of halogens is 2. The van der Waals surface area contributed by atoms with Gasteiger partial charge in [-0.3, -0.25) is 4.68 Å². The van der Waals surface area contributed by atoms with E-state index in [4.69, 9.17) is 5.73 Å². The van der Waals surface area contributed by atoms with Crippen LogP contribution in [0.3, 0.4) is 0 Å². The lowest BCUT2D eigenvalue weighted by Gasteiger charge is -2.03. The van der Waals surface area contributed by atoms with Crippen LogP contribution in [0.4, 0.5) is 0 Å². The van der Waals surface area contributed by atoms with Crippen molar-refractivity contribution in [1.29, 1.82) is 0 Å². The third-order valence-electron chi connectivity index (χ3n) is 1.25. The van der Waals surface area contributed by atoms with E-state index in [1.165, 1.54) is 0 Å². The SMILES string of the molecule is Cc1ccn(CC(C)N)n1.Cl.Cl. The van der Waals surface area contributed by atoms with E-state index in [0.29, 0.717) is 0 Å². The predicted molar refractivity (Wildman–Crippen MR) is 55.1 cm³/mol. The molecule has 0 bridgehead atoms. The number of aromatic nitrogens is 2. The second kappa shape index (κ2) is 6.29. The van der Waals surface area contributed by atoms with E-state index in [2.05, 4.69) is 5.10 Å². The summed E-state index contributed by atoms with van der Waals surface area (Å²) in [5.41, 5.74) is 6.62. The normalized spacial score (nSPS) is 11.2. The summed E-state index contributed by atoms with van der Waals surface area (Å²) in [7, 11) is 0. The van der Waals surface area contributed by atoms with Crippen LogP contribution in [0.2, 0.25) is 0 Å². The van der Waals surface area contributed by atoms with Crippen LogP contribution in [0.25, 0.3) is 0 Å². The Morgan fingerprint density at radius 2 is 2.17 bits per heavy atom. The van der Waals surface area contributed by atoms with Crippen LogP contribution in [0.1, 0.15) is 12.6 Å². The molecule has 1 aromatic heterocycles. The van der Waals surface area contributed by atoms with Crippen molar-refractivity contribution < 1.29 is 0 Å². The Morgan fingerprint density at radius 3 is 2.50 bits per heavy atom. The molecule has 0 fully saturated rings. The Morgan fingerprint density at radius 1 is 1.58 bits per heavy atom. The van der Waals surface area contributed by atoms with Crippen molar-refractivity contribution in [2.45, 2.75) is 26.4 Å². The van der Waals surface area contributed by atoms with Gasteiger partial charge in [0.05, 0.1) is 12.2 Å². The van der Waals surface area contributed by atoms with Crippen molar-refractivity contribution in [3.05, 3.63) is 18.0 Å². The molecule has 1 atom stereocenters. The highest BCUT2D eigenvalue weighted by Crippen LogP contribution is 1.92. The monoisotopic (exact) mass is 211 g/mol. The minimum absolute atomic E-state index is 0. The molecule has 0 aliphatic heterocycles. The number of nitrogens with zero attached hydrogens (tertiary/aromatic N) is 2. The first-order valence-corrected chi connectivity index (χ1v) is 3.44. The Bertz CT molecular complexity index is 210. The zero-order chi connectivity index (χ0) is 7.56. The molecular weight excluding hydrogens is 197 g/mol. The molecule has 0 saturated carbocycles. The molecule has 0 aliphatic rings. The maximum Gasteiger partial charge on any atom is 0.0593 e. The Hall–Kier alpha value is -0.250. The quantitative estimate of drug-likeness (QED) is 0.804. The molecule has 1 aromatic rings. The summed E-state index contributed by atoms with van der Waals surface area (Å²) < 4.78 is 1.86. The fraction of sp³-hybridized carbons (Fsp3) is 0.571. The zero-order valence-electron chi connectivity index (χ0n) is 7.23. The van der Waals surface area contributed by atoms with E-state index in [1.54, 1.807) is 0 Å². The first-order valence-electron chi connectivity index (χ1n) is 3.44. The van der Waals surface area contributed by atoms with Gasteiger partial charge in [0, 0.05) is 12.2 Å². The molecule has 72 valence electrons. The van der Waals surface area contributed by atoms with Crippen LogP contribution in [0, 0.1) is 6.92 Å². The highest BCUT2D eigenvalue weighted by atomic mass is 35.5. The van der Waals surface area contributed by atoms with Crippen LogP contribution < -0.4 is 5.73 Å². The Balaban J connectivity index is 0. The minimum Gasteiger partial charge on any atom is -0.326 e. The van der Waals surface area contributed by atoms with Gasteiger partial charge in [0.2, 0.25) is 0 Å². The lowest BCUT2D eigenvalue weighted by molar-refractivity contribution is 0.536. The number of hydrogen-bond donors (Lipinski definition) is 1. The molecule has 1 heterocycles. The summed E-state index contributed by atoms with van der Waals surface area (Å²) in [5, 5.41) is 4.19. The van der Waals surface area contributed by atoms with Crippen LogP contribution in [0.5, 0.6) is 0 Å². The van der Waals surface area contributed by atoms with Crippen molar-refractivity contribution in [3.63, 3.8) is 0 Å². The van der Waals surface area contributed by atoms with Crippen LogP contribution >= 0.6 is 24.8 Å². The molecule has 0 spiro atoms. The van der Waals surface area contributed by atoms with E-state index >= 15 is 0 Å². The van der Waals surface area contributed by atoms with Crippen LogP contribution in [0.15, 0.2) is 12.3 Å². The molecule has 3 nitrogen and oxygen atoms in total. The van der Waals surface area contributed by atoms with Gasteiger partial charge in [0.15, 0.2) is 0 Å². The van der Waals surface area contributed by atoms with Crippen LogP contribution in [-0.4, -0.2) is 15.8 Å². The van der Waals surface area contributed by atoms with Gasteiger partial charge < -0.3 is 5.73 Å². The molecule has 12 heavy (non-hydrogen) atoms. The van der Waals surface area contributed by atoms with E-state index < -0.39 is 0 Å². The van der Waals surface area contributed by atoms with E-state index in [-0.39, 0.29) is 30.9 Å².